The van der Waals surface area contributed by atoms with Gasteiger partial charge in [0.05, 0.1) is 5.56 Å². The average molecular weight is 321 g/mol. The highest BCUT2D eigenvalue weighted by Crippen LogP contribution is 2.17. The molecule has 2 amide bonds. The SMILES string of the molecule is CNC(=O)c1ccc(NC(=O)c2cc(=O)[nH]c3ccccc23)cc1. The summed E-state index contributed by atoms with van der Waals surface area (Å²) in [6.07, 6.45) is 0. The Balaban J connectivity index is 1.90. The monoisotopic (exact) mass is 321 g/mol. The van der Waals surface area contributed by atoms with Gasteiger partial charge in [0.25, 0.3) is 11.8 Å². The van der Waals surface area contributed by atoms with Crippen molar-refractivity contribution in [3.05, 3.63) is 76.1 Å². The van der Waals surface area contributed by atoms with E-state index in [4.69, 9.17) is 0 Å². The maximum Gasteiger partial charge on any atom is 0.256 e. The fraction of sp³-hybridized carbons (Fsp3) is 0.0556. The number of fused-ring (bicyclic) bond motifs is 1. The van der Waals surface area contributed by atoms with Gasteiger partial charge in [-0.05, 0) is 30.3 Å². The largest absolute Gasteiger partial charge is 0.355 e. The Hall–Kier alpha value is -3.41. The molecule has 0 fully saturated rings. The highest BCUT2D eigenvalue weighted by molar-refractivity contribution is 6.12. The van der Waals surface area contributed by atoms with Crippen LogP contribution >= 0.6 is 0 Å². The van der Waals surface area contributed by atoms with Crippen molar-refractivity contribution < 1.29 is 9.59 Å². The van der Waals surface area contributed by atoms with Crippen molar-refractivity contribution >= 4 is 28.4 Å². The Morgan fingerprint density at radius 2 is 1.67 bits per heavy atom. The predicted octanol–water partition coefficient (Wildman–Crippen LogP) is 2.14. The van der Waals surface area contributed by atoms with E-state index in [0.717, 1.165) is 0 Å². The first-order chi connectivity index (χ1) is 11.6. The van der Waals surface area contributed by atoms with Crippen molar-refractivity contribution in [2.24, 2.45) is 0 Å². The summed E-state index contributed by atoms with van der Waals surface area (Å²) < 4.78 is 0. The molecule has 0 atom stereocenters. The number of carbonyl (C=O) groups excluding carboxylic acids is 2. The van der Waals surface area contributed by atoms with Crippen LogP contribution in [0.2, 0.25) is 0 Å². The number of hydrogen-bond acceptors (Lipinski definition) is 3. The lowest BCUT2D eigenvalue weighted by atomic mass is 10.1. The number of aromatic amines is 1. The van der Waals surface area contributed by atoms with Crippen molar-refractivity contribution in [3.63, 3.8) is 0 Å². The third-order valence-corrected chi connectivity index (χ3v) is 3.63. The number of anilines is 1. The Bertz CT molecular complexity index is 975. The number of hydrogen-bond donors (Lipinski definition) is 3. The maximum atomic E-state index is 12.5. The molecule has 3 aromatic rings. The van der Waals surface area contributed by atoms with E-state index in [-0.39, 0.29) is 17.4 Å². The second kappa shape index (κ2) is 6.37. The molecule has 2 aromatic carbocycles. The van der Waals surface area contributed by atoms with Gasteiger partial charge in [-0.2, -0.15) is 0 Å². The summed E-state index contributed by atoms with van der Waals surface area (Å²) in [4.78, 5) is 38.5. The molecule has 6 nitrogen and oxygen atoms in total. The van der Waals surface area contributed by atoms with Gasteiger partial charge in [0.15, 0.2) is 0 Å². The molecule has 0 spiro atoms. The molecule has 1 heterocycles. The van der Waals surface area contributed by atoms with Crippen molar-refractivity contribution in [1.29, 1.82) is 0 Å². The molecule has 6 heteroatoms. The van der Waals surface area contributed by atoms with Crippen LogP contribution in [0, 0.1) is 0 Å². The molecular formula is C18H15N3O3. The van der Waals surface area contributed by atoms with E-state index in [2.05, 4.69) is 15.6 Å². The number of para-hydroxylation sites is 1. The molecule has 0 unspecified atom stereocenters. The van der Waals surface area contributed by atoms with Gasteiger partial charge in [-0.3, -0.25) is 14.4 Å². The average Bonchev–Trinajstić information content (AvgIpc) is 2.60. The van der Waals surface area contributed by atoms with Crippen LogP contribution in [-0.4, -0.2) is 23.8 Å². The molecular weight excluding hydrogens is 306 g/mol. The molecule has 0 bridgehead atoms. The molecule has 1 aromatic heterocycles. The summed E-state index contributed by atoms with van der Waals surface area (Å²) in [6.45, 7) is 0. The molecule has 24 heavy (non-hydrogen) atoms. The minimum Gasteiger partial charge on any atom is -0.355 e. The third kappa shape index (κ3) is 3.03. The van der Waals surface area contributed by atoms with E-state index in [1.54, 1.807) is 55.6 Å². The van der Waals surface area contributed by atoms with E-state index < -0.39 is 0 Å². The van der Waals surface area contributed by atoms with Gasteiger partial charge < -0.3 is 15.6 Å². The lowest BCUT2D eigenvalue weighted by molar-refractivity contribution is 0.0962. The van der Waals surface area contributed by atoms with Gasteiger partial charge in [0.2, 0.25) is 5.56 Å². The fourth-order valence-corrected chi connectivity index (χ4v) is 2.44. The third-order valence-electron chi connectivity index (χ3n) is 3.63. The van der Waals surface area contributed by atoms with Gasteiger partial charge in [-0.1, -0.05) is 18.2 Å². The lowest BCUT2D eigenvalue weighted by Crippen LogP contribution is -2.18. The summed E-state index contributed by atoms with van der Waals surface area (Å²) in [5, 5.41) is 5.93. The zero-order valence-electron chi connectivity index (χ0n) is 12.9. The number of benzene rings is 2. The number of H-pyrrole nitrogens is 1. The van der Waals surface area contributed by atoms with E-state index in [1.807, 2.05) is 0 Å². The topological polar surface area (TPSA) is 91.1 Å². The number of nitrogens with one attached hydrogen (secondary N) is 3. The Morgan fingerprint density at radius 1 is 0.958 bits per heavy atom. The van der Waals surface area contributed by atoms with E-state index >= 15 is 0 Å². The standard InChI is InChI=1S/C18H15N3O3/c1-19-17(23)11-6-8-12(9-7-11)20-18(24)14-10-16(22)21-15-5-3-2-4-13(14)15/h2-10H,1H3,(H,19,23)(H,20,24)(H,21,22). The minimum absolute atomic E-state index is 0.200. The number of carbonyl (C=O) groups is 2. The van der Waals surface area contributed by atoms with Gasteiger partial charge in [-0.15, -0.1) is 0 Å². The fourth-order valence-electron chi connectivity index (χ4n) is 2.44. The number of aromatic nitrogens is 1. The van der Waals surface area contributed by atoms with Crippen LogP contribution in [0.1, 0.15) is 20.7 Å². The molecule has 0 aliphatic rings. The first-order valence-corrected chi connectivity index (χ1v) is 7.34. The molecule has 0 saturated heterocycles. The van der Waals surface area contributed by atoms with Crippen LogP contribution in [0.4, 0.5) is 5.69 Å². The van der Waals surface area contributed by atoms with Crippen LogP contribution in [0.5, 0.6) is 0 Å². The van der Waals surface area contributed by atoms with Crippen LogP contribution in [0.3, 0.4) is 0 Å². The van der Waals surface area contributed by atoms with Gasteiger partial charge in [-0.25, -0.2) is 0 Å². The first-order valence-electron chi connectivity index (χ1n) is 7.34. The molecule has 3 rings (SSSR count). The molecule has 3 N–H and O–H groups in total. The predicted molar refractivity (Wildman–Crippen MR) is 92.4 cm³/mol. The van der Waals surface area contributed by atoms with Crippen molar-refractivity contribution in [2.45, 2.75) is 0 Å². The van der Waals surface area contributed by atoms with Gasteiger partial charge in [0, 0.05) is 35.3 Å². The summed E-state index contributed by atoms with van der Waals surface area (Å²) >= 11 is 0. The van der Waals surface area contributed by atoms with Crippen LogP contribution < -0.4 is 16.2 Å². The second-order valence-corrected chi connectivity index (χ2v) is 5.20. The van der Waals surface area contributed by atoms with Crippen LogP contribution in [0.25, 0.3) is 10.9 Å². The van der Waals surface area contributed by atoms with Crippen molar-refractivity contribution in [3.8, 4) is 0 Å². The summed E-state index contributed by atoms with van der Waals surface area (Å²) in [5.74, 6) is -0.585. The normalized spacial score (nSPS) is 10.4. The smallest absolute Gasteiger partial charge is 0.256 e. The number of amides is 2. The molecule has 0 saturated carbocycles. The summed E-state index contributed by atoms with van der Waals surface area (Å²) in [5.41, 5.74) is 1.60. The molecule has 120 valence electrons. The van der Waals surface area contributed by atoms with Crippen molar-refractivity contribution in [2.75, 3.05) is 12.4 Å². The van der Waals surface area contributed by atoms with Crippen LogP contribution in [0.15, 0.2) is 59.4 Å². The summed E-state index contributed by atoms with van der Waals surface area (Å²) in [6, 6.07) is 14.9. The van der Waals surface area contributed by atoms with E-state index in [0.29, 0.717) is 27.7 Å². The molecule has 0 radical (unpaired) electrons. The second-order valence-electron chi connectivity index (χ2n) is 5.20. The minimum atomic E-state index is -0.384. The zero-order valence-corrected chi connectivity index (χ0v) is 12.9. The van der Waals surface area contributed by atoms with E-state index in [1.165, 1.54) is 6.07 Å². The Kier molecular flexibility index (Phi) is 4.11. The zero-order chi connectivity index (χ0) is 17.1. The van der Waals surface area contributed by atoms with Crippen LogP contribution in [-0.2, 0) is 0 Å². The maximum absolute atomic E-state index is 12.5. The number of rotatable bonds is 3. The van der Waals surface area contributed by atoms with E-state index in [9.17, 15) is 14.4 Å². The van der Waals surface area contributed by atoms with Gasteiger partial charge >= 0.3 is 0 Å². The summed E-state index contributed by atoms with van der Waals surface area (Å²) in [7, 11) is 1.55. The highest BCUT2D eigenvalue weighted by Gasteiger charge is 2.12. The lowest BCUT2D eigenvalue weighted by Gasteiger charge is -2.08. The van der Waals surface area contributed by atoms with Crippen molar-refractivity contribution in [1.82, 2.24) is 10.3 Å². The first kappa shape index (κ1) is 15.5. The quantitative estimate of drug-likeness (QED) is 0.690. The Morgan fingerprint density at radius 3 is 2.38 bits per heavy atom. The Labute approximate surface area is 137 Å². The molecule has 0 aliphatic heterocycles. The highest BCUT2D eigenvalue weighted by atomic mass is 16.2. The van der Waals surface area contributed by atoms with Gasteiger partial charge in [0.1, 0.15) is 0 Å². The molecule has 0 aliphatic carbocycles. The number of pyridine rings is 1.